The third-order valence-corrected chi connectivity index (χ3v) is 5.73. The summed E-state index contributed by atoms with van der Waals surface area (Å²) in [5.74, 6) is -1.37. The molecule has 0 aromatic carbocycles. The summed E-state index contributed by atoms with van der Waals surface area (Å²) in [6.45, 7) is 20.2. The van der Waals surface area contributed by atoms with Gasteiger partial charge in [-0.2, -0.15) is 0 Å². The predicted molar refractivity (Wildman–Crippen MR) is 118 cm³/mol. The second-order valence-electron chi connectivity index (χ2n) is 8.74. The van der Waals surface area contributed by atoms with Crippen molar-refractivity contribution in [1.29, 1.82) is 0 Å². The van der Waals surface area contributed by atoms with Gasteiger partial charge >= 0.3 is 5.97 Å². The van der Waals surface area contributed by atoms with Gasteiger partial charge in [-0.1, -0.05) is 60.6 Å². The number of unbranched alkanes of at least 4 members (excludes halogenated alkanes) is 1. The Morgan fingerprint density at radius 1 is 1.21 bits per heavy atom. The van der Waals surface area contributed by atoms with Gasteiger partial charge in [0.05, 0.1) is 13.2 Å². The van der Waals surface area contributed by atoms with Gasteiger partial charge in [-0.15, -0.1) is 0 Å². The van der Waals surface area contributed by atoms with E-state index < -0.39 is 5.79 Å². The summed E-state index contributed by atoms with van der Waals surface area (Å²) in [6.07, 6.45) is 7.14. The van der Waals surface area contributed by atoms with Gasteiger partial charge in [0.1, 0.15) is 6.04 Å². The largest absolute Gasteiger partial charge is 0.464 e. The maximum atomic E-state index is 12.5. The molecule has 3 unspecified atom stereocenters. The Balaban J connectivity index is 0.000000960. The number of piperidine rings is 1. The first kappa shape index (κ1) is 25.7. The smallest absolute Gasteiger partial charge is 0.328 e. The first-order chi connectivity index (χ1) is 13.7. The van der Waals surface area contributed by atoms with Gasteiger partial charge in [0, 0.05) is 23.7 Å². The summed E-state index contributed by atoms with van der Waals surface area (Å²) < 4.78 is 11.1. The lowest BCUT2D eigenvalue weighted by Crippen LogP contribution is -2.50. The Morgan fingerprint density at radius 3 is 2.41 bits per heavy atom. The molecule has 29 heavy (non-hydrogen) atoms. The molecule has 3 atom stereocenters. The number of carbonyl (C=O) groups excluding carboxylic acids is 1. The van der Waals surface area contributed by atoms with Crippen LogP contribution in [0, 0.1) is 11.8 Å². The summed E-state index contributed by atoms with van der Waals surface area (Å²) in [5, 5.41) is 11.0. The van der Waals surface area contributed by atoms with Gasteiger partial charge in [0.2, 0.25) is 0 Å². The zero-order valence-corrected chi connectivity index (χ0v) is 19.3. The standard InChI is InChI=1S/C20H33NO4.C4H10/c1-14(2)13-24-19(22)18-10-6-7-11-21(18)17(5)16(4)20(23)15(3)9-8-12-25-20;1-3-4-2/h14-15,18,23H,4-13H2,1-3H3;3-4H2,1-2H3. The van der Waals surface area contributed by atoms with Crippen LogP contribution in [0.5, 0.6) is 0 Å². The van der Waals surface area contributed by atoms with E-state index in [9.17, 15) is 9.90 Å². The van der Waals surface area contributed by atoms with E-state index in [2.05, 4.69) is 27.0 Å². The maximum Gasteiger partial charge on any atom is 0.328 e. The molecule has 2 saturated heterocycles. The molecule has 0 aromatic rings. The van der Waals surface area contributed by atoms with Crippen LogP contribution in [0.25, 0.3) is 0 Å². The van der Waals surface area contributed by atoms with E-state index in [0.29, 0.717) is 36.9 Å². The molecule has 2 aliphatic heterocycles. The molecule has 0 radical (unpaired) electrons. The SMILES string of the molecule is C=C(C(=C)C1(O)OCCCC1C)N1CCCCC1C(=O)OCC(C)C.CCCC. The van der Waals surface area contributed by atoms with Crippen molar-refractivity contribution in [1.82, 2.24) is 4.90 Å². The van der Waals surface area contributed by atoms with E-state index in [0.717, 1.165) is 32.1 Å². The van der Waals surface area contributed by atoms with Crippen molar-refractivity contribution in [2.75, 3.05) is 19.8 Å². The van der Waals surface area contributed by atoms with Crippen molar-refractivity contribution >= 4 is 5.97 Å². The predicted octanol–water partition coefficient (Wildman–Crippen LogP) is 5.05. The quantitative estimate of drug-likeness (QED) is 0.471. The molecule has 2 fully saturated rings. The molecule has 2 aliphatic rings. The number of hydrogen-bond acceptors (Lipinski definition) is 5. The van der Waals surface area contributed by atoms with Crippen LogP contribution in [-0.4, -0.2) is 47.6 Å². The molecule has 0 amide bonds. The molecular formula is C24H43NO4. The van der Waals surface area contributed by atoms with Gasteiger partial charge in [0.15, 0.2) is 5.79 Å². The minimum atomic E-state index is -1.40. The Bertz CT molecular complexity index is 543. The van der Waals surface area contributed by atoms with Crippen LogP contribution in [0.15, 0.2) is 24.4 Å². The second kappa shape index (κ2) is 12.4. The number of hydrogen-bond donors (Lipinski definition) is 1. The molecule has 5 heteroatoms. The molecule has 2 heterocycles. The van der Waals surface area contributed by atoms with E-state index >= 15 is 0 Å². The van der Waals surface area contributed by atoms with Crippen LogP contribution >= 0.6 is 0 Å². The van der Waals surface area contributed by atoms with Crippen molar-refractivity contribution in [2.24, 2.45) is 11.8 Å². The molecule has 168 valence electrons. The lowest BCUT2D eigenvalue weighted by Gasteiger charge is -2.44. The van der Waals surface area contributed by atoms with Gasteiger partial charge in [0.25, 0.3) is 0 Å². The maximum absolute atomic E-state index is 12.5. The minimum Gasteiger partial charge on any atom is -0.464 e. The zero-order chi connectivity index (χ0) is 22.0. The first-order valence-corrected chi connectivity index (χ1v) is 11.4. The van der Waals surface area contributed by atoms with Crippen LogP contribution in [0.3, 0.4) is 0 Å². The molecular weight excluding hydrogens is 366 g/mol. The number of rotatable bonds is 7. The van der Waals surface area contributed by atoms with Crippen molar-refractivity contribution in [3.05, 3.63) is 24.4 Å². The fraction of sp³-hybridized carbons (Fsp3) is 0.792. The number of esters is 1. The first-order valence-electron chi connectivity index (χ1n) is 11.4. The summed E-state index contributed by atoms with van der Waals surface area (Å²) in [5.41, 5.74) is 1.05. The molecule has 0 aromatic heterocycles. The number of aliphatic hydroxyl groups is 1. The Morgan fingerprint density at radius 2 is 1.86 bits per heavy atom. The molecule has 0 spiro atoms. The average Bonchev–Trinajstić information content (AvgIpc) is 2.73. The topological polar surface area (TPSA) is 59.0 Å². The normalized spacial score (nSPS) is 27.1. The van der Waals surface area contributed by atoms with Gasteiger partial charge in [-0.05, 0) is 38.0 Å². The summed E-state index contributed by atoms with van der Waals surface area (Å²) in [7, 11) is 0. The molecule has 0 bridgehead atoms. The van der Waals surface area contributed by atoms with Crippen LogP contribution in [0.2, 0.25) is 0 Å². The molecule has 5 nitrogen and oxygen atoms in total. The van der Waals surface area contributed by atoms with E-state index in [1.165, 1.54) is 12.8 Å². The van der Waals surface area contributed by atoms with Crippen LogP contribution in [0.1, 0.15) is 79.6 Å². The Labute approximate surface area is 178 Å². The second-order valence-corrected chi connectivity index (χ2v) is 8.74. The van der Waals surface area contributed by atoms with Crippen molar-refractivity contribution in [2.45, 2.75) is 91.4 Å². The zero-order valence-electron chi connectivity index (χ0n) is 19.3. The number of ether oxygens (including phenoxy) is 2. The number of likely N-dealkylation sites (tertiary alicyclic amines) is 1. The lowest BCUT2D eigenvalue weighted by molar-refractivity contribution is -0.226. The number of carbonyl (C=O) groups is 1. The summed E-state index contributed by atoms with van der Waals surface area (Å²) >= 11 is 0. The molecule has 0 saturated carbocycles. The van der Waals surface area contributed by atoms with Gasteiger partial charge < -0.3 is 19.5 Å². The average molecular weight is 410 g/mol. The molecule has 1 N–H and O–H groups in total. The van der Waals surface area contributed by atoms with Crippen molar-refractivity contribution in [3.8, 4) is 0 Å². The Kier molecular flexibility index (Phi) is 11.0. The van der Waals surface area contributed by atoms with Gasteiger partial charge in [-0.25, -0.2) is 4.79 Å². The third-order valence-electron chi connectivity index (χ3n) is 5.73. The highest BCUT2D eigenvalue weighted by Gasteiger charge is 2.43. The van der Waals surface area contributed by atoms with E-state index in [4.69, 9.17) is 9.47 Å². The fourth-order valence-corrected chi connectivity index (χ4v) is 3.56. The highest BCUT2D eigenvalue weighted by molar-refractivity contribution is 5.76. The minimum absolute atomic E-state index is 0.0540. The molecule has 0 aliphatic carbocycles. The summed E-state index contributed by atoms with van der Waals surface area (Å²) in [4.78, 5) is 14.5. The van der Waals surface area contributed by atoms with Crippen LogP contribution in [-0.2, 0) is 14.3 Å². The van der Waals surface area contributed by atoms with Gasteiger partial charge in [-0.3, -0.25) is 0 Å². The molecule has 2 rings (SSSR count). The number of nitrogens with zero attached hydrogens (tertiary/aromatic N) is 1. The highest BCUT2D eigenvalue weighted by Crippen LogP contribution is 2.39. The highest BCUT2D eigenvalue weighted by atomic mass is 16.6. The Hall–Kier alpha value is -1.33. The van der Waals surface area contributed by atoms with E-state index in [1.807, 2.05) is 25.7 Å². The van der Waals surface area contributed by atoms with Crippen molar-refractivity contribution in [3.63, 3.8) is 0 Å². The van der Waals surface area contributed by atoms with E-state index in [-0.39, 0.29) is 17.9 Å². The van der Waals surface area contributed by atoms with Crippen molar-refractivity contribution < 1.29 is 19.4 Å². The van der Waals surface area contributed by atoms with Crippen LogP contribution in [0.4, 0.5) is 0 Å². The fourth-order valence-electron chi connectivity index (χ4n) is 3.56. The third kappa shape index (κ3) is 7.14. The van der Waals surface area contributed by atoms with Crippen LogP contribution < -0.4 is 0 Å². The lowest BCUT2D eigenvalue weighted by atomic mass is 9.85. The van der Waals surface area contributed by atoms with E-state index in [1.54, 1.807) is 0 Å². The summed E-state index contributed by atoms with van der Waals surface area (Å²) in [6, 6.07) is -0.362. The monoisotopic (exact) mass is 409 g/mol.